The summed E-state index contributed by atoms with van der Waals surface area (Å²) in [5, 5.41) is 0. The number of likely N-dealkylation sites (tertiary alicyclic amines) is 1. The number of hydrogen-bond donors (Lipinski definition) is 1. The summed E-state index contributed by atoms with van der Waals surface area (Å²) in [7, 11) is -0.392. The molecule has 1 aromatic carbocycles. The number of hydrogen-bond acceptors (Lipinski definition) is 6. The predicted octanol–water partition coefficient (Wildman–Crippen LogP) is 9.57. The van der Waals surface area contributed by atoms with Crippen LogP contribution in [0.4, 0.5) is 0 Å². The Kier molecular flexibility index (Phi) is 20.0. The molecule has 2 unspecified atom stereocenters. The van der Waals surface area contributed by atoms with E-state index in [0.717, 1.165) is 43.5 Å². The number of allylic oxidation sites excluding steroid dienone is 1. The van der Waals surface area contributed by atoms with Crippen molar-refractivity contribution in [2.45, 2.75) is 136 Å². The van der Waals surface area contributed by atoms with E-state index in [2.05, 4.69) is 21.0 Å². The zero-order valence-corrected chi connectivity index (χ0v) is 29.7. The number of ether oxygens (including phenoxy) is 2. The summed E-state index contributed by atoms with van der Waals surface area (Å²) in [6.07, 6.45) is 21.9. The first-order valence-electron chi connectivity index (χ1n) is 17.7. The van der Waals surface area contributed by atoms with E-state index in [1.165, 1.54) is 96.8 Å². The number of esters is 1. The van der Waals surface area contributed by atoms with E-state index in [1.807, 2.05) is 30.3 Å². The molecule has 0 bridgehead atoms. The van der Waals surface area contributed by atoms with Crippen LogP contribution < -0.4 is 0 Å². The fraction of sp³-hybridized carbons (Fsp3) is 0.750. The zero-order chi connectivity index (χ0) is 32.8. The molecule has 0 spiro atoms. The van der Waals surface area contributed by atoms with Crippen LogP contribution in [0.3, 0.4) is 0 Å². The third kappa shape index (κ3) is 17.7. The van der Waals surface area contributed by atoms with Gasteiger partial charge in [0, 0.05) is 31.9 Å². The van der Waals surface area contributed by atoms with Crippen molar-refractivity contribution in [2.75, 3.05) is 40.5 Å². The summed E-state index contributed by atoms with van der Waals surface area (Å²) < 4.78 is 35.8. The largest absolute Gasteiger partial charge is 0.527 e. The fourth-order valence-electron chi connectivity index (χ4n) is 5.97. The quantitative estimate of drug-likeness (QED) is 0.0350. The summed E-state index contributed by atoms with van der Waals surface area (Å²) in [5.41, 5.74) is 1.66. The predicted molar refractivity (Wildman–Crippen MR) is 182 cm³/mol. The Morgan fingerprint density at radius 3 is 1.87 bits per heavy atom. The Balaban J connectivity index is 1.63. The van der Waals surface area contributed by atoms with Crippen molar-refractivity contribution in [2.24, 2.45) is 0 Å². The van der Waals surface area contributed by atoms with Gasteiger partial charge in [-0.25, -0.2) is 4.57 Å². The van der Waals surface area contributed by atoms with Gasteiger partial charge in [-0.1, -0.05) is 134 Å². The van der Waals surface area contributed by atoms with Gasteiger partial charge < -0.3 is 14.0 Å². The summed E-state index contributed by atoms with van der Waals surface area (Å²) in [6.45, 7) is 4.82. The summed E-state index contributed by atoms with van der Waals surface area (Å²) >= 11 is 0. The highest BCUT2D eigenvalue weighted by Gasteiger charge is 2.37. The van der Waals surface area contributed by atoms with Crippen molar-refractivity contribution in [3.63, 3.8) is 0 Å². The van der Waals surface area contributed by atoms with Crippen LogP contribution in [0.25, 0.3) is 5.76 Å². The maximum absolute atomic E-state index is 13.1. The number of phosphoric ester groups is 1. The van der Waals surface area contributed by atoms with E-state index in [-0.39, 0.29) is 13.2 Å². The van der Waals surface area contributed by atoms with E-state index in [1.54, 1.807) is 0 Å². The van der Waals surface area contributed by atoms with Crippen LogP contribution in [0.2, 0.25) is 0 Å². The molecule has 1 aromatic rings. The highest BCUT2D eigenvalue weighted by atomic mass is 31.2. The van der Waals surface area contributed by atoms with Gasteiger partial charge in [0.1, 0.15) is 6.10 Å². The van der Waals surface area contributed by atoms with Crippen molar-refractivity contribution in [3.8, 4) is 0 Å². The molecule has 1 N–H and O–H groups in total. The molecule has 1 saturated heterocycles. The second kappa shape index (κ2) is 22.8. The molecule has 1 aliphatic heterocycles. The third-order valence-electron chi connectivity index (χ3n) is 8.57. The molecule has 0 aliphatic carbocycles. The lowest BCUT2D eigenvalue weighted by molar-refractivity contribution is -0.842. The molecule has 0 saturated carbocycles. The van der Waals surface area contributed by atoms with Crippen molar-refractivity contribution >= 4 is 19.6 Å². The average Bonchev–Trinajstić information content (AvgIpc) is 3.36. The number of phosphoric acid groups is 1. The lowest BCUT2D eigenvalue weighted by Crippen LogP contribution is -2.34. The Labute approximate surface area is 274 Å². The van der Waals surface area contributed by atoms with Gasteiger partial charge in [-0.2, -0.15) is 0 Å². The Bertz CT molecular complexity index is 1010. The van der Waals surface area contributed by atoms with Gasteiger partial charge >= 0.3 is 13.8 Å². The minimum atomic E-state index is -4.51. The highest BCUT2D eigenvalue weighted by molar-refractivity contribution is 7.47. The minimum Gasteiger partial charge on any atom is -0.458 e. The number of rotatable bonds is 26. The lowest BCUT2D eigenvalue weighted by Gasteiger charge is -2.27. The number of quaternary nitrogens is 1. The third-order valence-corrected chi connectivity index (χ3v) is 9.46. The SMILES string of the molecule is CCCCCCCCCCCCCCCCCCOCC(COP(=O)(O)OC(=C1CCC[N+]1(C)C)c1ccccc1)OC(C)=O. The second-order valence-electron chi connectivity index (χ2n) is 13.1. The molecular weight excluding hydrogens is 589 g/mol. The van der Waals surface area contributed by atoms with Crippen LogP contribution in [-0.4, -0.2) is 61.9 Å². The van der Waals surface area contributed by atoms with Gasteiger partial charge in [-0.05, 0) is 6.42 Å². The Morgan fingerprint density at radius 2 is 1.38 bits per heavy atom. The molecule has 2 atom stereocenters. The standard InChI is InChI=1S/C36H62NO7P/c1-5-6-7-8-9-10-11-12-13-14-15-16-17-18-19-23-29-41-30-34(43-32(2)38)31-42-45(39,40)44-36(33-25-21-20-22-26-33)35-27-24-28-37(35,3)4/h20-22,25-26,34H,5-19,23-24,27-31H2,1-4H3/p+1. The summed E-state index contributed by atoms with van der Waals surface area (Å²) in [4.78, 5) is 22.3. The monoisotopic (exact) mass is 652 g/mol. The maximum Gasteiger partial charge on any atom is 0.527 e. The molecule has 0 radical (unpaired) electrons. The molecule has 1 aliphatic rings. The molecule has 45 heavy (non-hydrogen) atoms. The van der Waals surface area contributed by atoms with Crippen LogP contribution >= 0.6 is 7.82 Å². The average molecular weight is 653 g/mol. The van der Waals surface area contributed by atoms with Crippen molar-refractivity contribution < 1.29 is 37.3 Å². The molecule has 1 heterocycles. The summed E-state index contributed by atoms with van der Waals surface area (Å²) in [6, 6.07) is 9.33. The van der Waals surface area contributed by atoms with Gasteiger partial charge in [0.25, 0.3) is 0 Å². The topological polar surface area (TPSA) is 91.3 Å². The maximum atomic E-state index is 13.1. The zero-order valence-electron chi connectivity index (χ0n) is 28.8. The van der Waals surface area contributed by atoms with E-state index in [9.17, 15) is 14.3 Å². The molecular formula is C36H63NO7P+. The molecule has 9 heteroatoms. The molecule has 0 amide bonds. The van der Waals surface area contributed by atoms with Gasteiger partial charge in [-0.3, -0.25) is 18.7 Å². The van der Waals surface area contributed by atoms with E-state index >= 15 is 0 Å². The molecule has 2 rings (SSSR count). The van der Waals surface area contributed by atoms with Gasteiger partial charge in [0.05, 0.1) is 33.9 Å². The van der Waals surface area contributed by atoms with E-state index < -0.39 is 19.9 Å². The van der Waals surface area contributed by atoms with Crippen LogP contribution in [0.5, 0.6) is 0 Å². The first-order valence-corrected chi connectivity index (χ1v) is 19.2. The van der Waals surface area contributed by atoms with E-state index in [0.29, 0.717) is 16.8 Å². The van der Waals surface area contributed by atoms with E-state index in [4.69, 9.17) is 18.5 Å². The fourth-order valence-corrected chi connectivity index (χ4v) is 6.82. The normalized spacial score (nSPS) is 17.5. The van der Waals surface area contributed by atoms with Crippen LogP contribution in [0.1, 0.15) is 135 Å². The molecule has 0 aromatic heterocycles. The van der Waals surface area contributed by atoms with Crippen molar-refractivity contribution in [1.82, 2.24) is 0 Å². The number of benzene rings is 1. The Hall–Kier alpha value is -1.70. The number of nitrogens with zero attached hydrogens (tertiary/aromatic N) is 1. The van der Waals surface area contributed by atoms with Gasteiger partial charge in [0.2, 0.25) is 0 Å². The van der Waals surface area contributed by atoms with Crippen LogP contribution in [-0.2, 0) is 27.9 Å². The smallest absolute Gasteiger partial charge is 0.458 e. The van der Waals surface area contributed by atoms with Gasteiger partial charge in [-0.15, -0.1) is 0 Å². The van der Waals surface area contributed by atoms with Gasteiger partial charge in [0.15, 0.2) is 11.5 Å². The van der Waals surface area contributed by atoms with Crippen LogP contribution in [0, 0.1) is 0 Å². The number of carbonyl (C=O) groups excluding carboxylic acids is 1. The lowest BCUT2D eigenvalue weighted by atomic mass is 10.0. The Morgan fingerprint density at radius 1 is 0.844 bits per heavy atom. The molecule has 1 fully saturated rings. The van der Waals surface area contributed by atoms with Crippen molar-refractivity contribution in [1.29, 1.82) is 0 Å². The first-order chi connectivity index (χ1) is 21.6. The first kappa shape index (κ1) is 39.5. The van der Waals surface area contributed by atoms with Crippen LogP contribution in [0.15, 0.2) is 36.0 Å². The van der Waals surface area contributed by atoms with Crippen molar-refractivity contribution in [3.05, 3.63) is 41.6 Å². The molecule has 258 valence electrons. The highest BCUT2D eigenvalue weighted by Crippen LogP contribution is 2.50. The minimum absolute atomic E-state index is 0.0921. The second-order valence-corrected chi connectivity index (χ2v) is 14.5. The summed E-state index contributed by atoms with van der Waals surface area (Å²) in [5.74, 6) is -0.131. The molecule has 8 nitrogen and oxygen atoms in total. The number of unbranched alkanes of at least 4 members (excludes halogenated alkanes) is 15. The number of carbonyl (C=O) groups is 1.